The van der Waals surface area contributed by atoms with Gasteiger partial charge in [-0.1, -0.05) is 60.7 Å². The van der Waals surface area contributed by atoms with E-state index in [-0.39, 0.29) is 6.10 Å². The summed E-state index contributed by atoms with van der Waals surface area (Å²) in [7, 11) is 2.18. The van der Waals surface area contributed by atoms with Crippen LogP contribution >= 0.6 is 0 Å². The maximum absolute atomic E-state index is 6.08. The summed E-state index contributed by atoms with van der Waals surface area (Å²) in [5.41, 5.74) is 2.56. The van der Waals surface area contributed by atoms with Gasteiger partial charge in [-0.05, 0) is 31.2 Å². The van der Waals surface area contributed by atoms with Crippen molar-refractivity contribution in [3.63, 3.8) is 0 Å². The summed E-state index contributed by atoms with van der Waals surface area (Å²) in [6, 6.07) is 21.4. The monoisotopic (exact) mass is 293 g/mol. The van der Waals surface area contributed by atoms with Gasteiger partial charge < -0.3 is 4.74 Å². The zero-order valence-electron chi connectivity index (χ0n) is 13.2. The van der Waals surface area contributed by atoms with Gasteiger partial charge >= 0.3 is 0 Å². The van der Waals surface area contributed by atoms with Crippen LogP contribution in [-0.2, 0) is 4.74 Å². The lowest BCUT2D eigenvalue weighted by Gasteiger charge is -2.35. The number of ether oxygens (including phenoxy) is 1. The van der Waals surface area contributed by atoms with E-state index in [1.807, 2.05) is 12.3 Å². The molecule has 0 bridgehead atoms. The Morgan fingerprint density at radius 1 is 0.909 bits per heavy atom. The molecule has 3 atom stereocenters. The summed E-state index contributed by atoms with van der Waals surface area (Å²) >= 11 is 0. The highest BCUT2D eigenvalue weighted by molar-refractivity contribution is 5.25. The van der Waals surface area contributed by atoms with E-state index in [4.69, 9.17) is 4.74 Å². The third kappa shape index (κ3) is 3.23. The average Bonchev–Trinajstić information content (AvgIpc) is 2.57. The van der Waals surface area contributed by atoms with Gasteiger partial charge in [0, 0.05) is 18.5 Å². The molecule has 1 aliphatic heterocycles. The smallest absolute Gasteiger partial charge is 0.138 e. The molecule has 0 saturated carbocycles. The zero-order chi connectivity index (χ0) is 15.4. The minimum Gasteiger partial charge on any atom is -0.492 e. The summed E-state index contributed by atoms with van der Waals surface area (Å²) in [6.07, 6.45) is 4.13. The lowest BCUT2D eigenvalue weighted by atomic mass is 9.95. The van der Waals surface area contributed by atoms with E-state index < -0.39 is 0 Å². The molecular formula is C20H23NO. The van der Waals surface area contributed by atoms with Gasteiger partial charge in [0.1, 0.15) is 6.10 Å². The maximum Gasteiger partial charge on any atom is 0.138 e. The van der Waals surface area contributed by atoms with E-state index in [2.05, 4.69) is 79.5 Å². The van der Waals surface area contributed by atoms with E-state index in [1.54, 1.807) is 0 Å². The first-order valence-electron chi connectivity index (χ1n) is 7.88. The normalized spacial score (nSPS) is 27.5. The van der Waals surface area contributed by atoms with Gasteiger partial charge in [0.25, 0.3) is 0 Å². The molecular weight excluding hydrogens is 270 g/mol. The van der Waals surface area contributed by atoms with E-state index in [0.717, 1.165) is 6.54 Å². The van der Waals surface area contributed by atoms with Gasteiger partial charge in [0.2, 0.25) is 0 Å². The summed E-state index contributed by atoms with van der Waals surface area (Å²) in [5.74, 6) is 0.366. The first kappa shape index (κ1) is 14.9. The molecule has 2 nitrogen and oxygen atoms in total. The van der Waals surface area contributed by atoms with Crippen molar-refractivity contribution >= 4 is 0 Å². The van der Waals surface area contributed by atoms with E-state index in [9.17, 15) is 0 Å². The zero-order valence-corrected chi connectivity index (χ0v) is 13.2. The van der Waals surface area contributed by atoms with Crippen LogP contribution in [0.25, 0.3) is 0 Å². The molecule has 1 heterocycles. The summed E-state index contributed by atoms with van der Waals surface area (Å²) in [5, 5.41) is 0. The van der Waals surface area contributed by atoms with Crippen molar-refractivity contribution in [1.82, 2.24) is 4.90 Å². The Labute approximate surface area is 133 Å². The average molecular weight is 293 g/mol. The minimum atomic E-state index is 0.0687. The molecule has 2 aromatic rings. The van der Waals surface area contributed by atoms with Crippen molar-refractivity contribution < 1.29 is 4.74 Å². The third-order valence-electron chi connectivity index (χ3n) is 4.51. The second kappa shape index (κ2) is 6.80. The molecule has 3 rings (SSSR count). The lowest BCUT2D eigenvalue weighted by Crippen LogP contribution is -2.38. The highest BCUT2D eigenvalue weighted by atomic mass is 16.5. The summed E-state index contributed by atoms with van der Waals surface area (Å²) in [6.45, 7) is 3.23. The molecule has 0 saturated heterocycles. The Hall–Kier alpha value is -2.06. The maximum atomic E-state index is 6.08. The SMILES string of the molecule is C[C@@H]1[C@@H](c2ccccc2)O/C=C\[C@@H](c2ccccc2)CN1C. The van der Waals surface area contributed by atoms with Crippen LogP contribution in [0.1, 0.15) is 30.1 Å². The molecule has 2 heteroatoms. The number of likely N-dealkylation sites (N-methyl/N-ethyl adjacent to an activating group) is 1. The van der Waals surface area contributed by atoms with Crippen LogP contribution in [0, 0.1) is 0 Å². The Balaban J connectivity index is 1.84. The van der Waals surface area contributed by atoms with Crippen molar-refractivity contribution in [3.8, 4) is 0 Å². The predicted molar refractivity (Wildman–Crippen MR) is 90.7 cm³/mol. The van der Waals surface area contributed by atoms with Crippen molar-refractivity contribution in [2.75, 3.05) is 13.6 Å². The fourth-order valence-electron chi connectivity index (χ4n) is 3.02. The van der Waals surface area contributed by atoms with Crippen molar-refractivity contribution in [2.45, 2.75) is 25.0 Å². The Kier molecular flexibility index (Phi) is 4.59. The first-order chi connectivity index (χ1) is 10.8. The van der Waals surface area contributed by atoms with Crippen molar-refractivity contribution in [1.29, 1.82) is 0 Å². The standard InChI is InChI=1S/C20H23NO/c1-16-20(18-11-7-4-8-12-18)22-14-13-19(15-21(16)2)17-9-5-3-6-10-17/h3-14,16,19-20H,15H2,1-2H3/b14-13-/t16-,19-,20+/m1/s1. The molecule has 0 amide bonds. The van der Waals surface area contributed by atoms with Crippen LogP contribution in [0.15, 0.2) is 73.0 Å². The van der Waals surface area contributed by atoms with E-state index in [1.165, 1.54) is 11.1 Å². The Morgan fingerprint density at radius 2 is 1.50 bits per heavy atom. The number of rotatable bonds is 2. The van der Waals surface area contributed by atoms with Crippen LogP contribution in [0.2, 0.25) is 0 Å². The number of hydrogen-bond acceptors (Lipinski definition) is 2. The molecule has 0 unspecified atom stereocenters. The molecule has 2 aromatic carbocycles. The van der Waals surface area contributed by atoms with Gasteiger partial charge in [0.15, 0.2) is 0 Å². The topological polar surface area (TPSA) is 12.5 Å². The molecule has 1 aliphatic rings. The molecule has 0 spiro atoms. The Bertz CT molecular complexity index is 608. The van der Waals surface area contributed by atoms with Crippen LogP contribution in [-0.4, -0.2) is 24.5 Å². The van der Waals surface area contributed by atoms with Crippen LogP contribution in [0.4, 0.5) is 0 Å². The molecule has 0 aliphatic carbocycles. The van der Waals surface area contributed by atoms with Gasteiger partial charge in [0.05, 0.1) is 6.26 Å². The van der Waals surface area contributed by atoms with E-state index in [0.29, 0.717) is 12.0 Å². The molecule has 0 N–H and O–H groups in total. The van der Waals surface area contributed by atoms with Crippen molar-refractivity contribution in [2.24, 2.45) is 0 Å². The van der Waals surface area contributed by atoms with Gasteiger partial charge in [-0.3, -0.25) is 4.90 Å². The summed E-state index contributed by atoms with van der Waals surface area (Å²) < 4.78 is 6.08. The van der Waals surface area contributed by atoms with Gasteiger partial charge in [-0.25, -0.2) is 0 Å². The fraction of sp³-hybridized carbons (Fsp3) is 0.300. The molecule has 114 valence electrons. The highest BCUT2D eigenvalue weighted by Crippen LogP contribution is 2.29. The molecule has 22 heavy (non-hydrogen) atoms. The van der Waals surface area contributed by atoms with E-state index >= 15 is 0 Å². The molecule has 0 aromatic heterocycles. The van der Waals surface area contributed by atoms with Gasteiger partial charge in [-0.2, -0.15) is 0 Å². The van der Waals surface area contributed by atoms with Crippen molar-refractivity contribution in [3.05, 3.63) is 84.1 Å². The van der Waals surface area contributed by atoms with Gasteiger partial charge in [-0.15, -0.1) is 0 Å². The molecule has 0 fully saturated rings. The van der Waals surface area contributed by atoms with Crippen LogP contribution in [0.5, 0.6) is 0 Å². The summed E-state index contributed by atoms with van der Waals surface area (Å²) in [4.78, 5) is 2.39. The van der Waals surface area contributed by atoms with Crippen LogP contribution in [0.3, 0.4) is 0 Å². The second-order valence-corrected chi connectivity index (χ2v) is 5.99. The predicted octanol–water partition coefficient (Wildman–Crippen LogP) is 4.38. The highest BCUT2D eigenvalue weighted by Gasteiger charge is 2.27. The Morgan fingerprint density at radius 3 is 2.14 bits per heavy atom. The lowest BCUT2D eigenvalue weighted by molar-refractivity contribution is 0.0483. The second-order valence-electron chi connectivity index (χ2n) is 5.99. The number of benzene rings is 2. The quantitative estimate of drug-likeness (QED) is 0.815. The first-order valence-corrected chi connectivity index (χ1v) is 7.88. The number of nitrogens with zero attached hydrogens (tertiary/aromatic N) is 1. The fourth-order valence-corrected chi connectivity index (χ4v) is 3.02. The largest absolute Gasteiger partial charge is 0.492 e. The molecule has 0 radical (unpaired) electrons. The number of hydrogen-bond donors (Lipinski definition) is 0. The minimum absolute atomic E-state index is 0.0687. The van der Waals surface area contributed by atoms with Crippen LogP contribution < -0.4 is 0 Å². The third-order valence-corrected chi connectivity index (χ3v) is 4.51.